The second kappa shape index (κ2) is 9.79. The van der Waals surface area contributed by atoms with Crippen molar-refractivity contribution < 1.29 is 4.74 Å². The third-order valence-electron chi connectivity index (χ3n) is 5.88. The standard InChI is InChI=1S/C24H26Cl2N4OS/c1-15-13-18(16(2)30(15)21-9-8-17(25)14-19(21)26)23-22(20-7-4-5-10-27-20)28-24(32)29(23)11-6-12-31-3/h4-5,7-10,13-14,22-23H,6,11-12H2,1-3H3,(H,28,32)/t22-,23-/m0/s1. The van der Waals surface area contributed by atoms with Crippen LogP contribution in [0.25, 0.3) is 5.69 Å². The molecule has 0 bridgehead atoms. The van der Waals surface area contributed by atoms with Gasteiger partial charge in [0.05, 0.1) is 28.5 Å². The van der Waals surface area contributed by atoms with Crippen LogP contribution < -0.4 is 5.32 Å². The maximum atomic E-state index is 6.57. The van der Waals surface area contributed by atoms with Crippen LogP contribution in [0.15, 0.2) is 48.7 Å². The number of aryl methyl sites for hydroxylation is 1. The van der Waals surface area contributed by atoms with Gasteiger partial charge in [-0.3, -0.25) is 4.98 Å². The van der Waals surface area contributed by atoms with E-state index in [2.05, 4.69) is 39.7 Å². The summed E-state index contributed by atoms with van der Waals surface area (Å²) in [4.78, 5) is 6.88. The molecule has 0 aliphatic carbocycles. The number of nitrogens with zero attached hydrogens (tertiary/aromatic N) is 3. The zero-order valence-corrected chi connectivity index (χ0v) is 20.6. The minimum atomic E-state index is -0.0547. The number of nitrogens with one attached hydrogen (secondary N) is 1. The van der Waals surface area contributed by atoms with Crippen LogP contribution >= 0.6 is 35.4 Å². The van der Waals surface area contributed by atoms with E-state index in [0.717, 1.165) is 40.8 Å². The normalized spacial score (nSPS) is 18.3. The third-order valence-corrected chi connectivity index (χ3v) is 6.77. The number of halogens is 2. The van der Waals surface area contributed by atoms with Crippen LogP contribution in [0.3, 0.4) is 0 Å². The van der Waals surface area contributed by atoms with Gasteiger partial charge in [-0.1, -0.05) is 29.3 Å². The van der Waals surface area contributed by atoms with Crippen molar-refractivity contribution in [3.05, 3.63) is 81.4 Å². The van der Waals surface area contributed by atoms with Crippen LogP contribution in [-0.4, -0.2) is 39.8 Å². The van der Waals surface area contributed by atoms with E-state index in [1.165, 1.54) is 5.56 Å². The molecule has 2 atom stereocenters. The van der Waals surface area contributed by atoms with Crippen LogP contribution in [0.5, 0.6) is 0 Å². The number of benzene rings is 1. The summed E-state index contributed by atoms with van der Waals surface area (Å²) in [6, 6.07) is 13.7. The highest BCUT2D eigenvalue weighted by Gasteiger charge is 2.41. The lowest BCUT2D eigenvalue weighted by Crippen LogP contribution is -2.31. The molecule has 0 unspecified atom stereocenters. The van der Waals surface area contributed by atoms with Crippen molar-refractivity contribution in [1.82, 2.24) is 19.8 Å². The Bertz CT molecular complexity index is 1120. The molecule has 3 aromatic rings. The van der Waals surface area contributed by atoms with Gasteiger partial charge in [-0.15, -0.1) is 0 Å². The van der Waals surface area contributed by atoms with Gasteiger partial charge >= 0.3 is 0 Å². The first-order valence-electron chi connectivity index (χ1n) is 10.5. The van der Waals surface area contributed by atoms with Crippen LogP contribution in [0, 0.1) is 13.8 Å². The Morgan fingerprint density at radius 1 is 1.16 bits per heavy atom. The lowest BCUT2D eigenvalue weighted by atomic mass is 9.96. The molecule has 1 aromatic carbocycles. The van der Waals surface area contributed by atoms with Crippen LogP contribution in [0.2, 0.25) is 10.0 Å². The Morgan fingerprint density at radius 3 is 2.66 bits per heavy atom. The monoisotopic (exact) mass is 488 g/mol. The lowest BCUT2D eigenvalue weighted by molar-refractivity contribution is 0.180. The van der Waals surface area contributed by atoms with Gasteiger partial charge in [-0.05, 0) is 74.4 Å². The van der Waals surface area contributed by atoms with Crippen LogP contribution in [-0.2, 0) is 4.74 Å². The molecule has 32 heavy (non-hydrogen) atoms. The van der Waals surface area contributed by atoms with E-state index in [1.54, 1.807) is 13.2 Å². The number of thiocarbonyl (C=S) groups is 1. The summed E-state index contributed by atoms with van der Waals surface area (Å²) in [5.74, 6) is 0. The first-order valence-corrected chi connectivity index (χ1v) is 11.7. The SMILES string of the molecule is COCCCN1C(=S)N[C@@H](c2ccccn2)[C@@H]1c1cc(C)n(-c2ccc(Cl)cc2Cl)c1C. The van der Waals surface area contributed by atoms with Crippen molar-refractivity contribution >= 4 is 40.5 Å². The Balaban J connectivity index is 1.80. The largest absolute Gasteiger partial charge is 0.385 e. The molecule has 5 nitrogen and oxygen atoms in total. The first kappa shape index (κ1) is 23.1. The summed E-state index contributed by atoms with van der Waals surface area (Å²) in [5.41, 5.74) is 5.26. The van der Waals surface area contributed by atoms with Crippen LogP contribution in [0.4, 0.5) is 0 Å². The molecule has 1 aliphatic rings. The molecule has 0 saturated carbocycles. The number of pyridine rings is 1. The first-order chi connectivity index (χ1) is 15.4. The number of ether oxygens (including phenoxy) is 1. The number of aromatic nitrogens is 2. The fraction of sp³-hybridized carbons (Fsp3) is 0.333. The smallest absolute Gasteiger partial charge is 0.170 e. The maximum absolute atomic E-state index is 6.57. The molecular weight excluding hydrogens is 463 g/mol. The molecule has 1 N–H and O–H groups in total. The van der Waals surface area contributed by atoms with Gasteiger partial charge in [0.2, 0.25) is 0 Å². The van der Waals surface area contributed by atoms with Crippen molar-refractivity contribution in [3.8, 4) is 5.69 Å². The summed E-state index contributed by atoms with van der Waals surface area (Å²) < 4.78 is 7.46. The van der Waals surface area contributed by atoms with Gasteiger partial charge in [-0.25, -0.2) is 0 Å². The van der Waals surface area contributed by atoms with E-state index in [0.29, 0.717) is 16.7 Å². The highest BCUT2D eigenvalue weighted by atomic mass is 35.5. The summed E-state index contributed by atoms with van der Waals surface area (Å²) in [7, 11) is 1.72. The molecule has 1 fully saturated rings. The van der Waals surface area contributed by atoms with E-state index >= 15 is 0 Å². The van der Waals surface area contributed by atoms with E-state index in [-0.39, 0.29) is 12.1 Å². The van der Waals surface area contributed by atoms with Gasteiger partial charge in [0.1, 0.15) is 0 Å². The molecule has 1 saturated heterocycles. The molecule has 3 heterocycles. The molecule has 0 spiro atoms. The molecule has 4 rings (SSSR count). The van der Waals surface area contributed by atoms with E-state index < -0.39 is 0 Å². The van der Waals surface area contributed by atoms with Crippen molar-refractivity contribution in [3.63, 3.8) is 0 Å². The second-order valence-electron chi connectivity index (χ2n) is 7.92. The number of rotatable bonds is 7. The zero-order chi connectivity index (χ0) is 22.8. The second-order valence-corrected chi connectivity index (χ2v) is 9.15. The van der Waals surface area contributed by atoms with Gasteiger partial charge in [-0.2, -0.15) is 0 Å². The maximum Gasteiger partial charge on any atom is 0.170 e. The number of methoxy groups -OCH3 is 1. The third kappa shape index (κ3) is 4.37. The summed E-state index contributed by atoms with van der Waals surface area (Å²) in [6.07, 6.45) is 2.70. The Kier molecular flexibility index (Phi) is 7.05. The highest BCUT2D eigenvalue weighted by Crippen LogP contribution is 2.42. The predicted octanol–water partition coefficient (Wildman–Crippen LogP) is 5.80. The van der Waals surface area contributed by atoms with Gasteiger partial charge in [0, 0.05) is 42.9 Å². The Hall–Kier alpha value is -2.12. The van der Waals surface area contributed by atoms with Gasteiger partial charge < -0.3 is 19.5 Å². The molecule has 2 aromatic heterocycles. The molecule has 0 radical (unpaired) electrons. The van der Waals surface area contributed by atoms with Crippen molar-refractivity contribution in [2.45, 2.75) is 32.4 Å². The molecule has 168 valence electrons. The van der Waals surface area contributed by atoms with Gasteiger partial charge in [0.15, 0.2) is 5.11 Å². The Labute approximate surface area is 204 Å². The zero-order valence-electron chi connectivity index (χ0n) is 18.3. The molecule has 1 aliphatic heterocycles. The molecule has 8 heteroatoms. The van der Waals surface area contributed by atoms with E-state index in [4.69, 9.17) is 40.2 Å². The summed E-state index contributed by atoms with van der Waals surface area (Å²) in [5, 5.41) is 5.48. The van der Waals surface area contributed by atoms with Crippen LogP contribution in [0.1, 0.15) is 41.1 Å². The fourth-order valence-corrected chi connectivity index (χ4v) is 5.31. The Morgan fingerprint density at radius 2 is 1.97 bits per heavy atom. The average Bonchev–Trinajstić information content (AvgIpc) is 3.25. The van der Waals surface area contributed by atoms with Crippen molar-refractivity contribution in [1.29, 1.82) is 0 Å². The summed E-state index contributed by atoms with van der Waals surface area (Å²) >= 11 is 18.5. The minimum Gasteiger partial charge on any atom is -0.385 e. The average molecular weight is 489 g/mol. The minimum absolute atomic E-state index is 0.000261. The highest BCUT2D eigenvalue weighted by molar-refractivity contribution is 7.80. The predicted molar refractivity (Wildman–Crippen MR) is 134 cm³/mol. The van der Waals surface area contributed by atoms with E-state index in [1.807, 2.05) is 36.5 Å². The fourth-order valence-electron chi connectivity index (χ4n) is 4.48. The van der Waals surface area contributed by atoms with Crippen molar-refractivity contribution in [2.24, 2.45) is 0 Å². The summed E-state index contributed by atoms with van der Waals surface area (Å²) in [6.45, 7) is 5.68. The topological polar surface area (TPSA) is 42.3 Å². The quantitative estimate of drug-likeness (QED) is 0.335. The lowest BCUT2D eigenvalue weighted by Gasteiger charge is -2.28. The molecule has 0 amide bonds. The number of hydrogen-bond acceptors (Lipinski definition) is 3. The van der Waals surface area contributed by atoms with Crippen molar-refractivity contribution in [2.75, 3.05) is 20.3 Å². The van der Waals surface area contributed by atoms with E-state index in [9.17, 15) is 0 Å². The molecular formula is C24H26Cl2N4OS. The number of hydrogen-bond donors (Lipinski definition) is 1. The van der Waals surface area contributed by atoms with Gasteiger partial charge in [0.25, 0.3) is 0 Å².